The number of fused-ring (bicyclic) bond motifs is 1. The summed E-state index contributed by atoms with van der Waals surface area (Å²) in [4.78, 5) is 14.7. The molecule has 0 bridgehead atoms. The van der Waals surface area contributed by atoms with Gasteiger partial charge in [-0.05, 0) is 31.5 Å². The quantitative estimate of drug-likeness (QED) is 0.759. The molecule has 120 valence electrons. The number of hydrogen-bond donors (Lipinski definition) is 3. The highest BCUT2D eigenvalue weighted by atomic mass is 16.3. The fourth-order valence-electron chi connectivity index (χ4n) is 2.92. The number of para-hydroxylation sites is 2. The van der Waals surface area contributed by atoms with Gasteiger partial charge in [-0.2, -0.15) is 0 Å². The van der Waals surface area contributed by atoms with Crippen molar-refractivity contribution in [1.82, 2.24) is 4.90 Å². The predicted octanol–water partition coefficient (Wildman–Crippen LogP) is 3.46. The number of carbonyl (C=O) groups is 1. The minimum Gasteiger partial charge on any atom is -0.504 e. The van der Waals surface area contributed by atoms with Crippen molar-refractivity contribution < 1.29 is 15.0 Å². The molecule has 2 aromatic carbocycles. The van der Waals surface area contributed by atoms with E-state index in [1.165, 1.54) is 6.07 Å². The van der Waals surface area contributed by atoms with E-state index in [0.29, 0.717) is 11.1 Å². The molecule has 1 aliphatic heterocycles. The highest BCUT2D eigenvalue weighted by Gasteiger charge is 2.36. The summed E-state index contributed by atoms with van der Waals surface area (Å²) < 4.78 is 0. The van der Waals surface area contributed by atoms with Gasteiger partial charge in [-0.3, -0.25) is 4.79 Å². The molecular formula is C18H20N2O3. The summed E-state index contributed by atoms with van der Waals surface area (Å²) in [6.07, 6.45) is 0.255. The number of rotatable bonds is 3. The van der Waals surface area contributed by atoms with Crippen molar-refractivity contribution in [1.29, 1.82) is 0 Å². The molecule has 5 nitrogen and oxygen atoms in total. The molecule has 1 heterocycles. The Balaban J connectivity index is 2.14. The zero-order valence-electron chi connectivity index (χ0n) is 13.2. The second-order valence-corrected chi connectivity index (χ2v) is 5.78. The fraction of sp³-hybridized carbons (Fsp3) is 0.278. The number of hydrogen-bond acceptors (Lipinski definition) is 4. The number of aromatic hydroxyl groups is 2. The van der Waals surface area contributed by atoms with Gasteiger partial charge in [0.15, 0.2) is 11.5 Å². The highest BCUT2D eigenvalue weighted by Crippen LogP contribution is 2.40. The minimum atomic E-state index is -0.528. The number of amides is 1. The van der Waals surface area contributed by atoms with Gasteiger partial charge in [0.2, 0.25) is 0 Å². The maximum atomic E-state index is 12.9. The van der Waals surface area contributed by atoms with E-state index in [-0.39, 0.29) is 23.4 Å². The number of nitrogens with one attached hydrogen (secondary N) is 1. The first kappa shape index (κ1) is 15.2. The van der Waals surface area contributed by atoms with E-state index < -0.39 is 6.17 Å². The van der Waals surface area contributed by atoms with E-state index in [1.807, 2.05) is 32.0 Å². The summed E-state index contributed by atoms with van der Waals surface area (Å²) in [7, 11) is 0. The average molecular weight is 312 g/mol. The normalized spacial score (nSPS) is 18.3. The van der Waals surface area contributed by atoms with Crippen molar-refractivity contribution >= 4 is 11.6 Å². The number of carbonyl (C=O) groups excluding carboxylic acids is 1. The standard InChI is InChI=1S/C18H20N2O3/c1-3-11(2)20-17(13-8-6-10-15(21)16(13)22)19-14-9-5-4-7-12(14)18(20)23/h4-11,17,19,21-22H,3H2,1-2H3/t11-,17+/m1/s1. The zero-order valence-corrected chi connectivity index (χ0v) is 13.2. The zero-order chi connectivity index (χ0) is 16.6. The van der Waals surface area contributed by atoms with Crippen LogP contribution in [0.1, 0.15) is 42.4 Å². The Morgan fingerprint density at radius 3 is 2.65 bits per heavy atom. The van der Waals surface area contributed by atoms with E-state index in [9.17, 15) is 15.0 Å². The van der Waals surface area contributed by atoms with Gasteiger partial charge in [0.05, 0.1) is 5.56 Å². The molecule has 0 unspecified atom stereocenters. The van der Waals surface area contributed by atoms with Gasteiger partial charge in [-0.15, -0.1) is 0 Å². The molecule has 5 heteroatoms. The second kappa shape index (κ2) is 5.83. The van der Waals surface area contributed by atoms with Crippen LogP contribution in [0.25, 0.3) is 0 Å². The summed E-state index contributed by atoms with van der Waals surface area (Å²) >= 11 is 0. The maximum absolute atomic E-state index is 12.9. The van der Waals surface area contributed by atoms with Crippen molar-refractivity contribution in [3.8, 4) is 11.5 Å². The molecule has 2 atom stereocenters. The van der Waals surface area contributed by atoms with Crippen LogP contribution in [0.2, 0.25) is 0 Å². The number of benzene rings is 2. The molecule has 1 amide bonds. The Labute approximate surface area is 135 Å². The van der Waals surface area contributed by atoms with Crippen LogP contribution < -0.4 is 5.32 Å². The lowest BCUT2D eigenvalue weighted by atomic mass is 10.00. The molecule has 1 aliphatic rings. The fourth-order valence-corrected chi connectivity index (χ4v) is 2.92. The van der Waals surface area contributed by atoms with E-state index in [4.69, 9.17) is 0 Å². The number of phenolic OH excluding ortho intramolecular Hbond substituents is 2. The third kappa shape index (κ3) is 2.48. The molecule has 0 saturated heterocycles. The Bertz CT molecular complexity index is 745. The van der Waals surface area contributed by atoms with Crippen molar-refractivity contribution in [3.05, 3.63) is 53.6 Å². The Kier molecular flexibility index (Phi) is 3.86. The first-order chi connectivity index (χ1) is 11.0. The second-order valence-electron chi connectivity index (χ2n) is 5.78. The lowest BCUT2D eigenvalue weighted by Gasteiger charge is -2.41. The number of anilines is 1. The molecule has 2 aromatic rings. The molecule has 0 radical (unpaired) electrons. The third-order valence-electron chi connectivity index (χ3n) is 4.37. The Morgan fingerprint density at radius 1 is 1.17 bits per heavy atom. The van der Waals surface area contributed by atoms with Crippen LogP contribution in [-0.2, 0) is 0 Å². The molecule has 3 rings (SSSR count). The van der Waals surface area contributed by atoms with Gasteiger partial charge < -0.3 is 20.4 Å². The predicted molar refractivity (Wildman–Crippen MR) is 88.5 cm³/mol. The monoisotopic (exact) mass is 312 g/mol. The van der Waals surface area contributed by atoms with Crippen molar-refractivity contribution in [2.45, 2.75) is 32.5 Å². The SMILES string of the molecule is CC[C@@H](C)N1C(=O)c2ccccc2N[C@@H]1c1cccc(O)c1O. The first-order valence-corrected chi connectivity index (χ1v) is 7.73. The lowest BCUT2D eigenvalue weighted by molar-refractivity contribution is 0.0591. The summed E-state index contributed by atoms with van der Waals surface area (Å²) in [5.41, 5.74) is 1.82. The molecule has 0 saturated carbocycles. The first-order valence-electron chi connectivity index (χ1n) is 7.73. The van der Waals surface area contributed by atoms with Crippen LogP contribution in [0.15, 0.2) is 42.5 Å². The molecular weight excluding hydrogens is 292 g/mol. The minimum absolute atomic E-state index is 0.0184. The average Bonchev–Trinajstić information content (AvgIpc) is 2.56. The maximum Gasteiger partial charge on any atom is 0.258 e. The van der Waals surface area contributed by atoms with Crippen LogP contribution in [0.5, 0.6) is 11.5 Å². The van der Waals surface area contributed by atoms with Crippen molar-refractivity contribution in [3.63, 3.8) is 0 Å². The molecule has 0 aromatic heterocycles. The third-order valence-corrected chi connectivity index (χ3v) is 4.37. The Hall–Kier alpha value is -2.69. The molecule has 0 fully saturated rings. The van der Waals surface area contributed by atoms with E-state index >= 15 is 0 Å². The summed E-state index contributed by atoms with van der Waals surface area (Å²) in [5, 5.41) is 23.3. The van der Waals surface area contributed by atoms with Crippen LogP contribution in [-0.4, -0.2) is 27.1 Å². The summed E-state index contributed by atoms with van der Waals surface area (Å²) in [6.45, 7) is 3.98. The van der Waals surface area contributed by atoms with Gasteiger partial charge in [0.1, 0.15) is 6.17 Å². The smallest absolute Gasteiger partial charge is 0.258 e. The molecule has 3 N–H and O–H groups in total. The van der Waals surface area contributed by atoms with E-state index in [0.717, 1.165) is 12.1 Å². The lowest BCUT2D eigenvalue weighted by Crippen LogP contribution is -2.47. The molecule has 0 aliphatic carbocycles. The highest BCUT2D eigenvalue weighted by molar-refractivity contribution is 6.02. The van der Waals surface area contributed by atoms with Gasteiger partial charge >= 0.3 is 0 Å². The van der Waals surface area contributed by atoms with E-state index in [2.05, 4.69) is 5.32 Å². The Morgan fingerprint density at radius 2 is 1.91 bits per heavy atom. The molecule has 0 spiro atoms. The topological polar surface area (TPSA) is 72.8 Å². The van der Waals surface area contributed by atoms with Crippen LogP contribution in [0.4, 0.5) is 5.69 Å². The van der Waals surface area contributed by atoms with E-state index in [1.54, 1.807) is 23.1 Å². The van der Waals surface area contributed by atoms with Crippen LogP contribution in [0, 0.1) is 0 Å². The van der Waals surface area contributed by atoms with Crippen molar-refractivity contribution in [2.75, 3.05) is 5.32 Å². The number of nitrogens with zero attached hydrogens (tertiary/aromatic N) is 1. The van der Waals surface area contributed by atoms with Crippen LogP contribution in [0.3, 0.4) is 0 Å². The van der Waals surface area contributed by atoms with Crippen molar-refractivity contribution in [2.24, 2.45) is 0 Å². The summed E-state index contributed by atoms with van der Waals surface area (Å²) in [5.74, 6) is -0.480. The largest absolute Gasteiger partial charge is 0.504 e. The van der Waals surface area contributed by atoms with Gasteiger partial charge in [0, 0.05) is 17.3 Å². The van der Waals surface area contributed by atoms with Gasteiger partial charge in [-0.25, -0.2) is 0 Å². The van der Waals surface area contributed by atoms with Crippen LogP contribution >= 0.6 is 0 Å². The van der Waals surface area contributed by atoms with Gasteiger partial charge in [-0.1, -0.05) is 31.2 Å². The number of phenols is 2. The summed E-state index contributed by atoms with van der Waals surface area (Å²) in [6, 6.07) is 12.1. The van der Waals surface area contributed by atoms with Gasteiger partial charge in [0.25, 0.3) is 5.91 Å². The molecule has 23 heavy (non-hydrogen) atoms.